The van der Waals surface area contributed by atoms with Gasteiger partial charge in [-0.1, -0.05) is 40.2 Å². The van der Waals surface area contributed by atoms with Gasteiger partial charge in [-0.05, 0) is 30.7 Å². The fourth-order valence-electron chi connectivity index (χ4n) is 1.64. The van der Waals surface area contributed by atoms with Gasteiger partial charge in [0.2, 0.25) is 0 Å². The first-order chi connectivity index (χ1) is 8.16. The zero-order valence-electron chi connectivity index (χ0n) is 9.57. The fourth-order valence-corrected chi connectivity index (χ4v) is 2.00. The van der Waals surface area contributed by atoms with E-state index in [-0.39, 0.29) is 0 Å². The molecule has 17 heavy (non-hydrogen) atoms. The van der Waals surface area contributed by atoms with Crippen LogP contribution in [0.2, 0.25) is 0 Å². The van der Waals surface area contributed by atoms with Gasteiger partial charge in [-0.3, -0.25) is 0 Å². The van der Waals surface area contributed by atoms with Gasteiger partial charge in [-0.15, -0.1) is 0 Å². The lowest BCUT2D eigenvalue weighted by molar-refractivity contribution is 0.469. The molecule has 88 valence electrons. The maximum absolute atomic E-state index is 9.66. The lowest BCUT2D eigenvalue weighted by atomic mass is 10.1. The van der Waals surface area contributed by atoms with Gasteiger partial charge in [0.05, 0.1) is 0 Å². The average molecular weight is 292 g/mol. The molecule has 0 unspecified atom stereocenters. The molecule has 0 aliphatic carbocycles. The van der Waals surface area contributed by atoms with Crippen molar-refractivity contribution in [1.82, 2.24) is 0 Å². The number of hydrogen-bond donors (Lipinski definition) is 2. The third-order valence-corrected chi connectivity index (χ3v) is 3.15. The highest BCUT2D eigenvalue weighted by Crippen LogP contribution is 2.23. The van der Waals surface area contributed by atoms with Crippen LogP contribution in [-0.4, -0.2) is 5.11 Å². The molecule has 0 aliphatic heterocycles. The number of aryl methyl sites for hydroxylation is 1. The van der Waals surface area contributed by atoms with E-state index in [9.17, 15) is 5.11 Å². The largest absolute Gasteiger partial charge is 0.508 e. The number of rotatable bonds is 3. The number of para-hydroxylation sites is 1. The number of phenols is 1. The number of phenolic OH excluding ortho intramolecular Hbond substituents is 1. The third kappa shape index (κ3) is 3.01. The zero-order valence-corrected chi connectivity index (χ0v) is 11.2. The topological polar surface area (TPSA) is 32.3 Å². The van der Waals surface area contributed by atoms with Crippen molar-refractivity contribution in [1.29, 1.82) is 0 Å². The number of aromatic hydroxyl groups is 1. The molecule has 2 nitrogen and oxygen atoms in total. The van der Waals surface area contributed by atoms with E-state index in [2.05, 4.69) is 34.2 Å². The second-order valence-corrected chi connectivity index (χ2v) is 4.86. The molecule has 0 atom stereocenters. The van der Waals surface area contributed by atoms with Crippen LogP contribution in [0.4, 0.5) is 5.69 Å². The number of hydrogen-bond acceptors (Lipinski definition) is 2. The lowest BCUT2D eigenvalue weighted by Crippen LogP contribution is -2.01. The Labute approximate surface area is 109 Å². The van der Waals surface area contributed by atoms with Gasteiger partial charge in [-0.2, -0.15) is 0 Å². The number of benzene rings is 2. The van der Waals surface area contributed by atoms with Gasteiger partial charge in [0.1, 0.15) is 5.75 Å². The summed E-state index contributed by atoms with van der Waals surface area (Å²) in [6.45, 7) is 2.67. The molecule has 0 radical (unpaired) electrons. The molecule has 2 aromatic rings. The summed E-state index contributed by atoms with van der Waals surface area (Å²) in [5.74, 6) is 0.327. The highest BCUT2D eigenvalue weighted by atomic mass is 79.9. The summed E-state index contributed by atoms with van der Waals surface area (Å²) < 4.78 is 1.04. The lowest BCUT2D eigenvalue weighted by Gasteiger charge is -2.11. The smallest absolute Gasteiger partial charge is 0.120 e. The first-order valence-electron chi connectivity index (χ1n) is 5.44. The molecule has 0 saturated carbocycles. The summed E-state index contributed by atoms with van der Waals surface area (Å²) in [6, 6.07) is 13.5. The Kier molecular flexibility index (Phi) is 3.69. The van der Waals surface area contributed by atoms with Crippen LogP contribution < -0.4 is 5.32 Å². The fraction of sp³-hybridized carbons (Fsp3) is 0.143. The van der Waals surface area contributed by atoms with E-state index in [0.29, 0.717) is 12.3 Å². The summed E-state index contributed by atoms with van der Waals surface area (Å²) in [6.07, 6.45) is 0. The minimum Gasteiger partial charge on any atom is -0.508 e. The summed E-state index contributed by atoms with van der Waals surface area (Å²) in [5.41, 5.74) is 3.15. The van der Waals surface area contributed by atoms with Crippen LogP contribution in [0.5, 0.6) is 5.75 Å². The molecule has 0 fully saturated rings. The summed E-state index contributed by atoms with van der Waals surface area (Å²) in [4.78, 5) is 0. The van der Waals surface area contributed by atoms with E-state index < -0.39 is 0 Å². The molecule has 0 heterocycles. The van der Waals surface area contributed by atoms with Gasteiger partial charge in [0.15, 0.2) is 0 Å². The van der Waals surface area contributed by atoms with E-state index in [1.54, 1.807) is 6.07 Å². The maximum atomic E-state index is 9.66. The molecule has 2 N–H and O–H groups in total. The quantitative estimate of drug-likeness (QED) is 0.893. The highest BCUT2D eigenvalue weighted by molar-refractivity contribution is 9.10. The van der Waals surface area contributed by atoms with Gasteiger partial charge in [-0.25, -0.2) is 0 Å². The molecule has 0 saturated heterocycles. The minimum atomic E-state index is 0.327. The molecule has 0 aliphatic rings. The third-order valence-electron chi connectivity index (χ3n) is 2.66. The normalized spacial score (nSPS) is 10.2. The van der Waals surface area contributed by atoms with Crippen LogP contribution in [0, 0.1) is 6.92 Å². The van der Waals surface area contributed by atoms with Crippen LogP contribution in [0.1, 0.15) is 11.1 Å². The molecule has 0 bridgehead atoms. The SMILES string of the molecule is Cc1ccc(Br)cc1NCc1ccccc1O. The van der Waals surface area contributed by atoms with Crippen molar-refractivity contribution in [2.24, 2.45) is 0 Å². The molecule has 2 aromatic carbocycles. The van der Waals surface area contributed by atoms with Crippen LogP contribution in [0.3, 0.4) is 0 Å². The summed E-state index contributed by atoms with van der Waals surface area (Å²) >= 11 is 3.45. The first kappa shape index (κ1) is 12.0. The van der Waals surface area contributed by atoms with Gasteiger partial charge < -0.3 is 10.4 Å². The van der Waals surface area contributed by atoms with Gasteiger partial charge in [0, 0.05) is 22.3 Å². The Morgan fingerprint density at radius 3 is 2.71 bits per heavy atom. The van der Waals surface area contributed by atoms with Crippen molar-refractivity contribution in [3.8, 4) is 5.75 Å². The molecule has 0 spiro atoms. The molecule has 3 heteroatoms. The standard InChI is InChI=1S/C14H14BrNO/c1-10-6-7-12(15)8-13(10)16-9-11-4-2-3-5-14(11)17/h2-8,16-17H,9H2,1H3. The molecular formula is C14H14BrNO. The van der Waals surface area contributed by atoms with Crippen molar-refractivity contribution in [2.45, 2.75) is 13.5 Å². The van der Waals surface area contributed by atoms with Crippen LogP contribution >= 0.6 is 15.9 Å². The number of anilines is 1. The van der Waals surface area contributed by atoms with Crippen molar-refractivity contribution >= 4 is 21.6 Å². The van der Waals surface area contributed by atoms with E-state index >= 15 is 0 Å². The van der Waals surface area contributed by atoms with Crippen LogP contribution in [-0.2, 0) is 6.54 Å². The van der Waals surface area contributed by atoms with Crippen molar-refractivity contribution in [3.63, 3.8) is 0 Å². The Morgan fingerprint density at radius 1 is 1.18 bits per heavy atom. The molecule has 0 amide bonds. The van der Waals surface area contributed by atoms with E-state index in [1.165, 1.54) is 5.56 Å². The number of halogens is 1. The molecule has 2 rings (SSSR count). The second-order valence-electron chi connectivity index (χ2n) is 3.94. The minimum absolute atomic E-state index is 0.327. The molecule has 0 aromatic heterocycles. The van der Waals surface area contributed by atoms with E-state index in [1.807, 2.05) is 30.3 Å². The maximum Gasteiger partial charge on any atom is 0.120 e. The summed E-state index contributed by atoms with van der Waals surface area (Å²) in [7, 11) is 0. The Bertz CT molecular complexity index is 525. The zero-order chi connectivity index (χ0) is 12.3. The van der Waals surface area contributed by atoms with Crippen molar-refractivity contribution < 1.29 is 5.11 Å². The first-order valence-corrected chi connectivity index (χ1v) is 6.23. The van der Waals surface area contributed by atoms with E-state index in [4.69, 9.17) is 0 Å². The Hall–Kier alpha value is -1.48. The van der Waals surface area contributed by atoms with Crippen LogP contribution in [0.15, 0.2) is 46.9 Å². The van der Waals surface area contributed by atoms with Crippen LogP contribution in [0.25, 0.3) is 0 Å². The van der Waals surface area contributed by atoms with Crippen molar-refractivity contribution in [3.05, 3.63) is 58.1 Å². The van der Waals surface area contributed by atoms with Gasteiger partial charge >= 0.3 is 0 Å². The predicted octanol–water partition coefficient (Wildman–Crippen LogP) is 4.08. The Balaban J connectivity index is 2.12. The second kappa shape index (κ2) is 5.23. The average Bonchev–Trinajstić information content (AvgIpc) is 2.32. The number of nitrogens with one attached hydrogen (secondary N) is 1. The molecular weight excluding hydrogens is 278 g/mol. The summed E-state index contributed by atoms with van der Waals surface area (Å²) in [5, 5.41) is 13.0. The van der Waals surface area contributed by atoms with Gasteiger partial charge in [0.25, 0.3) is 0 Å². The van der Waals surface area contributed by atoms with E-state index in [0.717, 1.165) is 15.7 Å². The Morgan fingerprint density at radius 2 is 1.94 bits per heavy atom. The highest BCUT2D eigenvalue weighted by Gasteiger charge is 2.02. The van der Waals surface area contributed by atoms with Crippen molar-refractivity contribution in [2.75, 3.05) is 5.32 Å². The monoisotopic (exact) mass is 291 g/mol. The predicted molar refractivity (Wildman–Crippen MR) is 74.3 cm³/mol.